The van der Waals surface area contributed by atoms with E-state index in [2.05, 4.69) is 10.6 Å². The number of aliphatic hydroxyl groups is 1. The van der Waals surface area contributed by atoms with E-state index in [-0.39, 0.29) is 31.8 Å². The second-order valence-electron chi connectivity index (χ2n) is 7.98. The number of carbonyl (C=O) groups excluding carboxylic acids is 2. The van der Waals surface area contributed by atoms with Crippen LogP contribution in [-0.2, 0) is 14.3 Å². The molecule has 2 aromatic carbocycles. The van der Waals surface area contributed by atoms with Crippen molar-refractivity contribution >= 4 is 18.0 Å². The van der Waals surface area contributed by atoms with Gasteiger partial charge in [0.15, 0.2) is 0 Å². The Morgan fingerprint density at radius 2 is 1.59 bits per heavy atom. The Balaban J connectivity index is 1.66. The largest absolute Gasteiger partial charge is 0.480 e. The van der Waals surface area contributed by atoms with Crippen molar-refractivity contribution in [1.82, 2.24) is 10.6 Å². The summed E-state index contributed by atoms with van der Waals surface area (Å²) in [5, 5.41) is 31.8. The Morgan fingerprint density at radius 3 is 2.15 bits per heavy atom. The Kier molecular flexibility index (Phi) is 8.60. The first-order valence-electron chi connectivity index (χ1n) is 11.1. The maximum atomic E-state index is 12.6. The first kappa shape index (κ1) is 24.7. The molecule has 0 saturated heterocycles. The van der Waals surface area contributed by atoms with Crippen LogP contribution in [0.25, 0.3) is 11.1 Å². The number of carboxylic acids is 1. The molecule has 34 heavy (non-hydrogen) atoms. The molecule has 0 bridgehead atoms. The van der Waals surface area contributed by atoms with E-state index in [1.165, 1.54) is 0 Å². The number of nitrogens with zero attached hydrogens (tertiary/aromatic N) is 1. The molecular weight excluding hydrogens is 438 g/mol. The topological polar surface area (TPSA) is 149 Å². The van der Waals surface area contributed by atoms with E-state index in [4.69, 9.17) is 15.1 Å². The fourth-order valence-corrected chi connectivity index (χ4v) is 4.10. The highest BCUT2D eigenvalue weighted by Crippen LogP contribution is 2.44. The summed E-state index contributed by atoms with van der Waals surface area (Å²) < 4.78 is 5.48. The monoisotopic (exact) mass is 465 g/mol. The number of nitriles is 1. The SMILES string of the molecule is N#CCCCC(NC(=O)OCC1c2ccccc2-c2ccccc21)C(=O)N[C@@H](CCO)C(=O)O. The number of aliphatic hydroxyl groups excluding tert-OH is 1. The summed E-state index contributed by atoms with van der Waals surface area (Å²) >= 11 is 0. The van der Waals surface area contributed by atoms with Gasteiger partial charge >= 0.3 is 12.1 Å². The highest BCUT2D eigenvalue weighted by molar-refractivity contribution is 5.89. The van der Waals surface area contributed by atoms with Crippen molar-refractivity contribution in [3.05, 3.63) is 59.7 Å². The number of benzene rings is 2. The third kappa shape index (κ3) is 5.91. The lowest BCUT2D eigenvalue weighted by atomic mass is 9.98. The van der Waals surface area contributed by atoms with Crippen LogP contribution in [0.2, 0.25) is 0 Å². The van der Waals surface area contributed by atoms with E-state index in [0.29, 0.717) is 6.42 Å². The molecule has 1 unspecified atom stereocenters. The minimum absolute atomic E-state index is 0.0641. The van der Waals surface area contributed by atoms with Crippen LogP contribution >= 0.6 is 0 Å². The molecule has 9 heteroatoms. The van der Waals surface area contributed by atoms with Gasteiger partial charge in [-0.15, -0.1) is 0 Å². The molecule has 2 atom stereocenters. The van der Waals surface area contributed by atoms with Gasteiger partial charge in [0.25, 0.3) is 0 Å². The fourth-order valence-electron chi connectivity index (χ4n) is 4.10. The van der Waals surface area contributed by atoms with Crippen LogP contribution in [0.15, 0.2) is 48.5 Å². The van der Waals surface area contributed by atoms with Gasteiger partial charge in [-0.25, -0.2) is 9.59 Å². The van der Waals surface area contributed by atoms with E-state index in [1.54, 1.807) is 0 Å². The third-order valence-corrected chi connectivity index (χ3v) is 5.77. The molecule has 178 valence electrons. The maximum absolute atomic E-state index is 12.6. The zero-order valence-electron chi connectivity index (χ0n) is 18.6. The Morgan fingerprint density at radius 1 is 0.971 bits per heavy atom. The van der Waals surface area contributed by atoms with Crippen LogP contribution in [0.4, 0.5) is 4.79 Å². The number of amides is 2. The highest BCUT2D eigenvalue weighted by atomic mass is 16.5. The maximum Gasteiger partial charge on any atom is 0.407 e. The minimum atomic E-state index is -1.29. The van der Waals surface area contributed by atoms with Gasteiger partial charge in [-0.2, -0.15) is 5.26 Å². The van der Waals surface area contributed by atoms with Crippen LogP contribution in [0.5, 0.6) is 0 Å². The van der Waals surface area contributed by atoms with E-state index in [9.17, 15) is 19.5 Å². The number of alkyl carbamates (subject to hydrolysis) is 1. The molecular formula is C25H27N3O6. The van der Waals surface area contributed by atoms with Crippen molar-refractivity contribution in [2.24, 2.45) is 0 Å². The van der Waals surface area contributed by atoms with E-state index >= 15 is 0 Å². The predicted molar refractivity (Wildman–Crippen MR) is 123 cm³/mol. The quantitative estimate of drug-likeness (QED) is 0.373. The van der Waals surface area contributed by atoms with Crippen molar-refractivity contribution in [2.75, 3.05) is 13.2 Å². The molecule has 4 N–H and O–H groups in total. The van der Waals surface area contributed by atoms with Gasteiger partial charge in [0.05, 0.1) is 6.07 Å². The average molecular weight is 466 g/mol. The van der Waals surface area contributed by atoms with Crippen molar-refractivity contribution < 1.29 is 29.3 Å². The first-order valence-corrected chi connectivity index (χ1v) is 11.1. The highest BCUT2D eigenvalue weighted by Gasteiger charge is 2.30. The van der Waals surface area contributed by atoms with Crippen LogP contribution in [0, 0.1) is 11.3 Å². The Hall–Kier alpha value is -3.90. The van der Waals surface area contributed by atoms with Gasteiger partial charge in [0.2, 0.25) is 5.91 Å². The second-order valence-corrected chi connectivity index (χ2v) is 7.98. The van der Waals surface area contributed by atoms with Crippen molar-refractivity contribution in [3.8, 4) is 17.2 Å². The smallest absolute Gasteiger partial charge is 0.407 e. The van der Waals surface area contributed by atoms with Gasteiger partial charge in [0, 0.05) is 25.4 Å². The number of rotatable bonds is 11. The molecule has 9 nitrogen and oxygen atoms in total. The van der Waals surface area contributed by atoms with Crippen molar-refractivity contribution in [1.29, 1.82) is 5.26 Å². The lowest BCUT2D eigenvalue weighted by molar-refractivity contribution is -0.142. The summed E-state index contributed by atoms with van der Waals surface area (Å²) in [4.78, 5) is 36.5. The van der Waals surface area contributed by atoms with Gasteiger partial charge in [-0.3, -0.25) is 4.79 Å². The lowest BCUT2D eigenvalue weighted by Crippen LogP contribution is -2.52. The first-order chi connectivity index (χ1) is 16.5. The molecule has 0 aromatic heterocycles. The Bertz CT molecular complexity index is 1030. The lowest BCUT2D eigenvalue weighted by Gasteiger charge is -2.21. The van der Waals surface area contributed by atoms with E-state index < -0.39 is 36.7 Å². The molecule has 0 radical (unpaired) electrons. The summed E-state index contributed by atoms with van der Waals surface area (Å²) in [6, 6.07) is 15.4. The number of ether oxygens (including phenoxy) is 1. The minimum Gasteiger partial charge on any atom is -0.480 e. The van der Waals surface area contributed by atoms with Crippen LogP contribution in [0.1, 0.15) is 42.7 Å². The summed E-state index contributed by atoms with van der Waals surface area (Å²) in [7, 11) is 0. The average Bonchev–Trinajstić information content (AvgIpc) is 3.15. The molecule has 3 rings (SSSR count). The van der Waals surface area contributed by atoms with E-state index in [0.717, 1.165) is 22.3 Å². The van der Waals surface area contributed by atoms with Crippen molar-refractivity contribution in [3.63, 3.8) is 0 Å². The fraction of sp³-hybridized carbons (Fsp3) is 0.360. The zero-order chi connectivity index (χ0) is 24.5. The summed E-state index contributed by atoms with van der Waals surface area (Å²) in [6.07, 6.45) is -0.343. The number of fused-ring (bicyclic) bond motifs is 3. The van der Waals surface area contributed by atoms with Gasteiger partial charge in [-0.05, 0) is 35.1 Å². The normalized spacial score (nSPS) is 13.6. The second kappa shape index (κ2) is 11.8. The molecule has 0 aliphatic heterocycles. The number of carboxylic acid groups (broad SMARTS) is 1. The molecule has 0 heterocycles. The Labute approximate surface area is 197 Å². The predicted octanol–water partition coefficient (Wildman–Crippen LogP) is 2.54. The van der Waals surface area contributed by atoms with Gasteiger partial charge in [0.1, 0.15) is 18.7 Å². The summed E-state index contributed by atoms with van der Waals surface area (Å²) in [5.41, 5.74) is 4.27. The van der Waals surface area contributed by atoms with Crippen LogP contribution in [-0.4, -0.2) is 53.5 Å². The molecule has 0 fully saturated rings. The molecule has 0 spiro atoms. The van der Waals surface area contributed by atoms with Crippen LogP contribution in [0.3, 0.4) is 0 Å². The standard InChI is InChI=1S/C25H27N3O6/c26-13-6-5-11-21(23(30)27-22(12-14-29)24(31)32)28-25(33)34-15-20-18-9-3-1-7-16(18)17-8-2-4-10-19(17)20/h1-4,7-10,20-22,29H,5-6,11-12,14-15H2,(H,27,30)(H,28,33)(H,31,32)/t21?,22-/m0/s1. The zero-order valence-corrected chi connectivity index (χ0v) is 18.6. The molecule has 2 amide bonds. The number of carbonyl (C=O) groups is 3. The number of hydrogen-bond donors (Lipinski definition) is 4. The number of unbranched alkanes of at least 4 members (excludes halogenated alkanes) is 1. The summed E-state index contributed by atoms with van der Waals surface area (Å²) in [5.74, 6) is -2.16. The molecule has 1 aliphatic rings. The molecule has 0 saturated carbocycles. The number of nitrogens with one attached hydrogen (secondary N) is 2. The molecule has 1 aliphatic carbocycles. The van der Waals surface area contributed by atoms with Crippen molar-refractivity contribution in [2.45, 2.75) is 43.7 Å². The molecule has 2 aromatic rings. The summed E-state index contributed by atoms with van der Waals surface area (Å²) in [6.45, 7) is -0.356. The number of aliphatic carboxylic acids is 1. The number of hydrogen-bond acceptors (Lipinski definition) is 6. The van der Waals surface area contributed by atoms with E-state index in [1.807, 2.05) is 54.6 Å². The van der Waals surface area contributed by atoms with Gasteiger partial charge in [-0.1, -0.05) is 48.5 Å². The van der Waals surface area contributed by atoms with Crippen LogP contribution < -0.4 is 10.6 Å². The third-order valence-electron chi connectivity index (χ3n) is 5.77. The van der Waals surface area contributed by atoms with Gasteiger partial charge < -0.3 is 25.6 Å².